The van der Waals surface area contributed by atoms with Crippen molar-refractivity contribution in [1.82, 2.24) is 0 Å². The molecular formula is C13H13BrO2S. The van der Waals surface area contributed by atoms with Crippen molar-refractivity contribution in [2.75, 3.05) is 0 Å². The lowest BCUT2D eigenvalue weighted by atomic mass is 9.88. The number of fused-ring (bicyclic) bond motifs is 2. The van der Waals surface area contributed by atoms with E-state index in [2.05, 4.69) is 15.9 Å². The van der Waals surface area contributed by atoms with Gasteiger partial charge in [-0.25, -0.2) is 8.42 Å². The SMILES string of the molecule is O=S(=O)(c1ccccc1)C12C3CCCC1C32Br. The van der Waals surface area contributed by atoms with Gasteiger partial charge < -0.3 is 0 Å². The van der Waals surface area contributed by atoms with Gasteiger partial charge in [-0.05, 0) is 36.8 Å². The minimum atomic E-state index is -3.16. The smallest absolute Gasteiger partial charge is 0.186 e. The molecule has 17 heavy (non-hydrogen) atoms. The summed E-state index contributed by atoms with van der Waals surface area (Å²) in [5.41, 5.74) is 0. The molecule has 3 aliphatic carbocycles. The lowest BCUT2D eigenvalue weighted by molar-refractivity contribution is 0.357. The van der Waals surface area contributed by atoms with E-state index in [0.29, 0.717) is 16.7 Å². The Labute approximate surface area is 109 Å². The van der Waals surface area contributed by atoms with E-state index < -0.39 is 14.6 Å². The Bertz CT molecular complexity index is 581. The molecule has 90 valence electrons. The molecule has 3 aliphatic rings. The maximum Gasteiger partial charge on any atom is 0.186 e. The van der Waals surface area contributed by atoms with Crippen molar-refractivity contribution < 1.29 is 8.42 Å². The molecule has 2 unspecified atom stereocenters. The standard InChI is InChI=1S/C13H13BrO2S/c14-12-10-7-4-8-11(12)13(10,12)17(15,16)9-5-2-1-3-6-9/h1-3,5-6,10-11H,4,7-8H2. The van der Waals surface area contributed by atoms with Gasteiger partial charge in [0.15, 0.2) is 9.84 Å². The van der Waals surface area contributed by atoms with E-state index in [1.165, 1.54) is 6.42 Å². The molecule has 2 atom stereocenters. The first kappa shape index (κ1) is 10.6. The van der Waals surface area contributed by atoms with E-state index in [-0.39, 0.29) is 4.32 Å². The Morgan fingerprint density at radius 1 is 1.12 bits per heavy atom. The number of benzene rings is 1. The molecule has 2 nitrogen and oxygen atoms in total. The van der Waals surface area contributed by atoms with Crippen molar-refractivity contribution in [2.24, 2.45) is 11.8 Å². The third-order valence-corrected chi connectivity index (χ3v) is 9.68. The molecule has 1 aromatic rings. The summed E-state index contributed by atoms with van der Waals surface area (Å²) in [5.74, 6) is 0.720. The molecule has 0 N–H and O–H groups in total. The average Bonchev–Trinajstić information content (AvgIpc) is 3.16. The Morgan fingerprint density at radius 2 is 1.71 bits per heavy atom. The Hall–Kier alpha value is -0.350. The quantitative estimate of drug-likeness (QED) is 0.787. The van der Waals surface area contributed by atoms with Gasteiger partial charge in [0, 0.05) is 0 Å². The minimum Gasteiger partial charge on any atom is -0.223 e. The van der Waals surface area contributed by atoms with E-state index in [1.807, 2.05) is 6.07 Å². The van der Waals surface area contributed by atoms with E-state index in [9.17, 15) is 8.42 Å². The highest BCUT2D eigenvalue weighted by molar-refractivity contribution is 9.10. The average molecular weight is 313 g/mol. The van der Waals surface area contributed by atoms with Crippen LogP contribution in [0.4, 0.5) is 0 Å². The van der Waals surface area contributed by atoms with Gasteiger partial charge in [0.1, 0.15) is 4.75 Å². The third kappa shape index (κ3) is 0.877. The first-order valence-electron chi connectivity index (χ1n) is 6.06. The van der Waals surface area contributed by atoms with E-state index in [1.54, 1.807) is 24.3 Å². The molecule has 0 heterocycles. The molecule has 1 aromatic carbocycles. The molecular weight excluding hydrogens is 300 g/mol. The summed E-state index contributed by atoms with van der Waals surface area (Å²) in [6.45, 7) is 0. The predicted octanol–water partition coefficient (Wildman–Crippen LogP) is 2.78. The predicted molar refractivity (Wildman–Crippen MR) is 68.8 cm³/mol. The van der Waals surface area contributed by atoms with Gasteiger partial charge in [0.05, 0.1) is 9.22 Å². The first-order chi connectivity index (χ1) is 8.08. The molecule has 0 aliphatic heterocycles. The summed E-state index contributed by atoms with van der Waals surface area (Å²) >= 11 is 3.71. The third-order valence-electron chi connectivity index (χ3n) is 4.97. The van der Waals surface area contributed by atoms with E-state index >= 15 is 0 Å². The molecule has 4 heteroatoms. The zero-order chi connectivity index (χ0) is 11.9. The van der Waals surface area contributed by atoms with Crippen molar-refractivity contribution in [3.8, 4) is 0 Å². The van der Waals surface area contributed by atoms with Gasteiger partial charge >= 0.3 is 0 Å². The maximum atomic E-state index is 12.7. The molecule has 3 fully saturated rings. The molecule has 3 saturated carbocycles. The summed E-state index contributed by atoms with van der Waals surface area (Å²) < 4.78 is 25.0. The molecule has 0 radical (unpaired) electrons. The number of hydrogen-bond donors (Lipinski definition) is 0. The second kappa shape index (κ2) is 2.80. The van der Waals surface area contributed by atoms with Gasteiger partial charge in [-0.1, -0.05) is 40.5 Å². The second-order valence-electron chi connectivity index (χ2n) is 5.41. The van der Waals surface area contributed by atoms with Crippen LogP contribution in [-0.2, 0) is 9.84 Å². The fourth-order valence-electron chi connectivity index (χ4n) is 4.21. The zero-order valence-electron chi connectivity index (χ0n) is 9.27. The van der Waals surface area contributed by atoms with Crippen molar-refractivity contribution in [3.05, 3.63) is 30.3 Å². The van der Waals surface area contributed by atoms with Crippen molar-refractivity contribution in [3.63, 3.8) is 0 Å². The minimum absolute atomic E-state index is 0.0626. The Balaban J connectivity index is 1.84. The van der Waals surface area contributed by atoms with Crippen LogP contribution in [0.2, 0.25) is 0 Å². The molecule has 0 amide bonds. The van der Waals surface area contributed by atoms with E-state index in [4.69, 9.17) is 0 Å². The van der Waals surface area contributed by atoms with Crippen LogP contribution < -0.4 is 0 Å². The lowest BCUT2D eigenvalue weighted by Crippen LogP contribution is -2.29. The van der Waals surface area contributed by atoms with Crippen LogP contribution in [0.1, 0.15) is 19.3 Å². The Morgan fingerprint density at radius 3 is 2.24 bits per heavy atom. The van der Waals surface area contributed by atoms with E-state index in [0.717, 1.165) is 12.8 Å². The number of hydrogen-bond acceptors (Lipinski definition) is 2. The highest BCUT2D eigenvalue weighted by atomic mass is 79.9. The molecule has 4 rings (SSSR count). The Kier molecular flexibility index (Phi) is 1.74. The summed E-state index contributed by atoms with van der Waals surface area (Å²) in [6.07, 6.45) is 3.32. The van der Waals surface area contributed by atoms with Gasteiger partial charge in [0.25, 0.3) is 0 Å². The summed E-state index contributed by atoms with van der Waals surface area (Å²) in [6, 6.07) is 8.92. The van der Waals surface area contributed by atoms with Crippen LogP contribution in [0.15, 0.2) is 35.2 Å². The van der Waals surface area contributed by atoms with Gasteiger partial charge in [-0.2, -0.15) is 0 Å². The van der Waals surface area contributed by atoms with Gasteiger partial charge in [-0.15, -0.1) is 0 Å². The van der Waals surface area contributed by atoms with Crippen molar-refractivity contribution in [2.45, 2.75) is 33.2 Å². The summed E-state index contributed by atoms with van der Waals surface area (Å²) in [7, 11) is -3.16. The second-order valence-corrected chi connectivity index (χ2v) is 8.88. The first-order valence-corrected chi connectivity index (χ1v) is 8.34. The highest BCUT2D eigenvalue weighted by Crippen LogP contribution is 2.92. The highest BCUT2D eigenvalue weighted by Gasteiger charge is 3.02. The van der Waals surface area contributed by atoms with Gasteiger partial charge in [0.2, 0.25) is 0 Å². The largest absolute Gasteiger partial charge is 0.223 e. The molecule has 0 saturated heterocycles. The number of rotatable bonds is 2. The monoisotopic (exact) mass is 312 g/mol. The number of sulfone groups is 1. The topological polar surface area (TPSA) is 34.1 Å². The molecule has 0 spiro atoms. The summed E-state index contributed by atoms with van der Waals surface area (Å²) in [5, 5.41) is 0. The van der Waals surface area contributed by atoms with Gasteiger partial charge in [-0.3, -0.25) is 0 Å². The van der Waals surface area contributed by atoms with Crippen molar-refractivity contribution in [1.29, 1.82) is 0 Å². The lowest BCUT2D eigenvalue weighted by Gasteiger charge is -2.25. The number of alkyl halides is 1. The van der Waals surface area contributed by atoms with Crippen LogP contribution in [0.5, 0.6) is 0 Å². The maximum absolute atomic E-state index is 12.7. The fourth-order valence-corrected chi connectivity index (χ4v) is 9.49. The van der Waals surface area contributed by atoms with Crippen molar-refractivity contribution >= 4 is 25.8 Å². The summed E-state index contributed by atoms with van der Waals surface area (Å²) in [4.78, 5) is 0.496. The van der Waals surface area contributed by atoms with Crippen LogP contribution in [0.25, 0.3) is 0 Å². The van der Waals surface area contributed by atoms with Crippen LogP contribution in [-0.4, -0.2) is 17.5 Å². The van der Waals surface area contributed by atoms with Crippen LogP contribution in [0, 0.1) is 11.8 Å². The molecule has 0 bridgehead atoms. The normalized spacial score (nSPS) is 46.2. The van der Waals surface area contributed by atoms with Crippen LogP contribution >= 0.6 is 15.9 Å². The zero-order valence-corrected chi connectivity index (χ0v) is 11.7. The van der Waals surface area contributed by atoms with Crippen LogP contribution in [0.3, 0.4) is 0 Å². The number of halogens is 1. The molecule has 0 aromatic heterocycles. The fraction of sp³-hybridized carbons (Fsp3) is 0.538.